The van der Waals surface area contributed by atoms with Crippen LogP contribution in [-0.4, -0.2) is 180 Å². The molecule has 5 aliphatic rings. The van der Waals surface area contributed by atoms with Gasteiger partial charge in [-0.15, -0.1) is 0 Å². The molecular formula is C47H61N9O13. The SMILES string of the molecule is CCC1CNC(C2(C3=CC=NCN3N(OCCOCCOCCOCCOCCNc3cccc4c3C(=O)N(C3CCC(=O)NC3=O)C4=O)c3ccc(OC)c(OC)c3)C=CC=CN2)CN1C(=O)O. The molecule has 5 amide bonds. The van der Waals surface area contributed by atoms with Gasteiger partial charge in [0.25, 0.3) is 11.8 Å². The summed E-state index contributed by atoms with van der Waals surface area (Å²) in [4.78, 5) is 76.3. The topological polar surface area (TPSA) is 244 Å². The van der Waals surface area contributed by atoms with E-state index in [4.69, 9.17) is 33.3 Å². The van der Waals surface area contributed by atoms with Gasteiger partial charge in [-0.2, -0.15) is 5.17 Å². The van der Waals surface area contributed by atoms with Gasteiger partial charge in [-0.3, -0.25) is 39.2 Å². The Morgan fingerprint density at radius 1 is 0.913 bits per heavy atom. The maximum absolute atomic E-state index is 13.3. The van der Waals surface area contributed by atoms with Crippen molar-refractivity contribution in [3.8, 4) is 11.5 Å². The summed E-state index contributed by atoms with van der Waals surface area (Å²) >= 11 is 0. The molecule has 0 aliphatic carbocycles. The van der Waals surface area contributed by atoms with Crippen molar-refractivity contribution in [2.24, 2.45) is 4.99 Å². The van der Waals surface area contributed by atoms with Crippen LogP contribution in [0.15, 0.2) is 77.6 Å². The third-order valence-electron chi connectivity index (χ3n) is 12.2. The number of piperazine rings is 1. The molecule has 4 unspecified atom stereocenters. The second-order valence-corrected chi connectivity index (χ2v) is 16.3. The van der Waals surface area contributed by atoms with Crippen molar-refractivity contribution in [2.45, 2.75) is 49.9 Å². The number of fused-ring (bicyclic) bond motifs is 1. The van der Waals surface area contributed by atoms with Crippen molar-refractivity contribution in [3.63, 3.8) is 0 Å². The molecule has 5 N–H and O–H groups in total. The maximum Gasteiger partial charge on any atom is 0.407 e. The zero-order chi connectivity index (χ0) is 48.8. The van der Waals surface area contributed by atoms with Crippen molar-refractivity contribution in [1.82, 2.24) is 30.8 Å². The monoisotopic (exact) mass is 959 g/mol. The Morgan fingerprint density at radius 3 is 2.30 bits per heavy atom. The van der Waals surface area contributed by atoms with Crippen LogP contribution in [0.25, 0.3) is 0 Å². The van der Waals surface area contributed by atoms with Gasteiger partial charge in [-0.05, 0) is 55.5 Å². The first-order valence-corrected chi connectivity index (χ1v) is 23.0. The molecule has 22 nitrogen and oxygen atoms in total. The van der Waals surface area contributed by atoms with Crippen molar-refractivity contribution in [3.05, 3.63) is 83.7 Å². The van der Waals surface area contributed by atoms with E-state index in [0.29, 0.717) is 88.6 Å². The molecule has 4 atom stereocenters. The molecule has 0 spiro atoms. The molecule has 0 aromatic heterocycles. The average Bonchev–Trinajstić information content (AvgIpc) is 3.63. The fourth-order valence-corrected chi connectivity index (χ4v) is 8.76. The van der Waals surface area contributed by atoms with Crippen LogP contribution in [0.1, 0.15) is 46.9 Å². The number of methoxy groups -OCH3 is 2. The molecule has 0 saturated carbocycles. The highest BCUT2D eigenvalue weighted by Gasteiger charge is 2.49. The number of anilines is 2. The smallest absolute Gasteiger partial charge is 0.407 e. The lowest BCUT2D eigenvalue weighted by molar-refractivity contribution is -0.136. The fraction of sp³-hybridized carbons (Fsp3) is 0.489. The van der Waals surface area contributed by atoms with E-state index in [1.807, 2.05) is 48.5 Å². The predicted octanol–water partition coefficient (Wildman–Crippen LogP) is 2.31. The highest BCUT2D eigenvalue weighted by Crippen LogP contribution is 2.38. The van der Waals surface area contributed by atoms with Gasteiger partial charge in [-0.1, -0.05) is 25.1 Å². The molecule has 7 rings (SSSR count). The number of carbonyl (C=O) groups is 5. The van der Waals surface area contributed by atoms with Crippen LogP contribution in [0.3, 0.4) is 0 Å². The van der Waals surface area contributed by atoms with Crippen LogP contribution < -0.4 is 35.9 Å². The second-order valence-electron chi connectivity index (χ2n) is 16.3. The summed E-state index contributed by atoms with van der Waals surface area (Å²) in [6.07, 6.45) is 11.2. The van der Waals surface area contributed by atoms with Crippen LogP contribution in [0.2, 0.25) is 0 Å². The molecule has 5 heterocycles. The summed E-state index contributed by atoms with van der Waals surface area (Å²) in [5.41, 5.74) is 1.32. The number of rotatable bonds is 25. The highest BCUT2D eigenvalue weighted by atomic mass is 16.7. The number of carbonyl (C=O) groups excluding carboxylic acids is 4. The average molecular weight is 960 g/mol. The first-order valence-electron chi connectivity index (χ1n) is 23.0. The third kappa shape index (κ3) is 11.7. The summed E-state index contributed by atoms with van der Waals surface area (Å²) < 4.78 is 34.0. The Balaban J connectivity index is 0.828. The first kappa shape index (κ1) is 50.3. The predicted molar refractivity (Wildman–Crippen MR) is 251 cm³/mol. The van der Waals surface area contributed by atoms with Gasteiger partial charge < -0.3 is 54.4 Å². The van der Waals surface area contributed by atoms with Crippen molar-refractivity contribution in [1.29, 1.82) is 0 Å². The molecular weight excluding hydrogens is 899 g/mol. The second kappa shape index (κ2) is 24.1. The number of aliphatic imine (C=N–C) groups is 1. The molecule has 0 radical (unpaired) electrons. The van der Waals surface area contributed by atoms with E-state index in [1.165, 1.54) is 4.90 Å². The Hall–Kier alpha value is -6.56. The number of carboxylic acid groups (broad SMARTS) is 1. The van der Waals surface area contributed by atoms with Crippen LogP contribution in [0, 0.1) is 0 Å². The van der Waals surface area contributed by atoms with Gasteiger partial charge in [0.05, 0.1) is 95.6 Å². The quantitative estimate of drug-likeness (QED) is 0.0545. The molecule has 372 valence electrons. The fourth-order valence-electron chi connectivity index (χ4n) is 8.76. The number of amides is 5. The van der Waals surface area contributed by atoms with E-state index < -0.39 is 41.3 Å². The number of nitrogens with one attached hydrogen (secondary N) is 4. The van der Waals surface area contributed by atoms with E-state index in [1.54, 1.807) is 55.9 Å². The minimum absolute atomic E-state index is 0.0482. The molecule has 69 heavy (non-hydrogen) atoms. The number of benzene rings is 2. The first-order chi connectivity index (χ1) is 33.6. The Morgan fingerprint density at radius 2 is 1.64 bits per heavy atom. The van der Waals surface area contributed by atoms with E-state index in [9.17, 15) is 29.1 Å². The summed E-state index contributed by atoms with van der Waals surface area (Å²) in [6, 6.07) is 8.77. The maximum atomic E-state index is 13.3. The van der Waals surface area contributed by atoms with Crippen LogP contribution in [0.4, 0.5) is 16.2 Å². The summed E-state index contributed by atoms with van der Waals surface area (Å²) in [7, 11) is 3.13. The highest BCUT2D eigenvalue weighted by molar-refractivity contribution is 6.25. The van der Waals surface area contributed by atoms with Gasteiger partial charge in [-0.25, -0.2) is 9.80 Å². The van der Waals surface area contributed by atoms with Crippen LogP contribution >= 0.6 is 0 Å². The molecule has 0 bridgehead atoms. The Labute approximate surface area is 400 Å². The number of dihydropyridines is 1. The lowest BCUT2D eigenvalue weighted by Crippen LogP contribution is -2.70. The van der Waals surface area contributed by atoms with Gasteiger partial charge in [0.1, 0.15) is 24.9 Å². The van der Waals surface area contributed by atoms with E-state index in [-0.39, 0.29) is 62.5 Å². The Kier molecular flexibility index (Phi) is 17.6. The standard InChI is InChI=1S/C47H61N9O13/c1-4-32-29-50-39(30-53(32)46(61)62)47(15-5-6-16-51-47)40-14-17-48-31-54(40)56(33-10-12-37(63-2)38(28-33)64-3)69-27-26-68-25-24-67-23-22-66-21-20-65-19-18-49-35-9-7-8-34-42(35)45(60)55(44(34)59)36-11-13-41(57)52-43(36)58/h5-10,12,14-17,28,32,36,39,49-51H,4,11,13,18-27,29-31H2,1-3H3,(H,61,62)(H,52,57,58). The number of piperidine rings is 1. The molecule has 2 saturated heterocycles. The van der Waals surface area contributed by atoms with E-state index in [2.05, 4.69) is 26.3 Å². The molecule has 5 aliphatic heterocycles. The van der Waals surface area contributed by atoms with Crippen molar-refractivity contribution >= 4 is 47.3 Å². The summed E-state index contributed by atoms with van der Waals surface area (Å²) in [5.74, 6) is -1.20. The van der Waals surface area contributed by atoms with Gasteiger partial charge in [0.15, 0.2) is 11.5 Å². The number of ether oxygens (including phenoxy) is 6. The lowest BCUT2D eigenvalue weighted by atomic mass is 9.81. The van der Waals surface area contributed by atoms with Crippen LogP contribution in [0.5, 0.6) is 11.5 Å². The number of imide groups is 2. The molecule has 2 aromatic rings. The number of hydrogen-bond donors (Lipinski definition) is 5. The van der Waals surface area contributed by atoms with Crippen LogP contribution in [-0.2, 0) is 33.4 Å². The third-order valence-corrected chi connectivity index (χ3v) is 12.2. The zero-order valence-corrected chi connectivity index (χ0v) is 39.1. The minimum atomic E-state index is -1.04. The van der Waals surface area contributed by atoms with E-state index >= 15 is 0 Å². The lowest BCUT2D eigenvalue weighted by Gasteiger charge is -2.51. The van der Waals surface area contributed by atoms with Gasteiger partial charge >= 0.3 is 6.09 Å². The number of hydrogen-bond acceptors (Lipinski definition) is 18. The Bertz CT molecular complexity index is 2290. The summed E-state index contributed by atoms with van der Waals surface area (Å²) in [6.45, 7) is 5.93. The number of allylic oxidation sites excluding steroid dienone is 3. The van der Waals surface area contributed by atoms with E-state index in [0.717, 1.165) is 10.6 Å². The number of nitrogens with zero attached hydrogens (tertiary/aromatic N) is 5. The molecule has 2 aromatic carbocycles. The largest absolute Gasteiger partial charge is 0.493 e. The summed E-state index contributed by atoms with van der Waals surface area (Å²) in [5, 5.41) is 26.2. The minimum Gasteiger partial charge on any atom is -0.493 e. The normalized spacial score (nSPS) is 22.0. The molecule has 2 fully saturated rings. The van der Waals surface area contributed by atoms with Gasteiger partial charge in [0, 0.05) is 50.1 Å². The number of hydrazine groups is 1. The molecule has 22 heteroatoms. The van der Waals surface area contributed by atoms with Crippen molar-refractivity contribution in [2.75, 3.05) is 110 Å². The van der Waals surface area contributed by atoms with Crippen molar-refractivity contribution < 1.29 is 62.3 Å². The zero-order valence-electron chi connectivity index (χ0n) is 39.1. The van der Waals surface area contributed by atoms with Gasteiger partial charge in [0.2, 0.25) is 11.8 Å².